The predicted molar refractivity (Wildman–Crippen MR) is 60.8 cm³/mol. The van der Waals surface area contributed by atoms with Gasteiger partial charge in [0.2, 0.25) is 0 Å². The Bertz CT molecular complexity index is 456. The minimum absolute atomic E-state index is 0.0116. The van der Waals surface area contributed by atoms with E-state index in [1.807, 2.05) is 13.8 Å². The molecule has 17 heavy (non-hydrogen) atoms. The Labute approximate surface area is 99.0 Å². The number of phenolic OH excluding ortho intramolecular Hbond substituents is 2. The summed E-state index contributed by atoms with van der Waals surface area (Å²) in [6.07, 6.45) is -0.498. The second-order valence-corrected chi connectivity index (χ2v) is 4.89. The summed E-state index contributed by atoms with van der Waals surface area (Å²) in [5.74, 6) is -0.0484. The number of carbonyl (C=O) groups excluding carboxylic acids is 1. The van der Waals surface area contributed by atoms with Crippen LogP contribution in [0.4, 0.5) is 4.79 Å². The lowest BCUT2D eigenvalue weighted by molar-refractivity contribution is 0.0381. The lowest BCUT2D eigenvalue weighted by atomic mass is 9.80. The molecule has 0 bridgehead atoms. The molecule has 1 aliphatic rings. The van der Waals surface area contributed by atoms with Crippen molar-refractivity contribution in [2.24, 2.45) is 5.41 Å². The molecule has 3 N–H and O–H groups in total. The number of nitrogens with one attached hydrogen (secondary N) is 1. The van der Waals surface area contributed by atoms with Crippen molar-refractivity contribution in [1.82, 2.24) is 5.32 Å². The normalized spacial score (nSPS) is 22.7. The number of aromatic hydroxyl groups is 2. The van der Waals surface area contributed by atoms with Gasteiger partial charge in [0, 0.05) is 17.0 Å². The third kappa shape index (κ3) is 2.13. The molecule has 5 heteroatoms. The van der Waals surface area contributed by atoms with Crippen molar-refractivity contribution in [2.45, 2.75) is 19.9 Å². The van der Waals surface area contributed by atoms with E-state index in [4.69, 9.17) is 4.74 Å². The van der Waals surface area contributed by atoms with Crippen molar-refractivity contribution in [3.8, 4) is 11.5 Å². The fourth-order valence-electron chi connectivity index (χ4n) is 1.96. The van der Waals surface area contributed by atoms with Crippen LogP contribution in [-0.4, -0.2) is 22.9 Å². The number of hydrogen-bond acceptors (Lipinski definition) is 4. The fraction of sp³-hybridized carbons (Fsp3) is 0.417. The Morgan fingerprint density at radius 3 is 2.76 bits per heavy atom. The van der Waals surface area contributed by atoms with Gasteiger partial charge in [-0.15, -0.1) is 0 Å². The van der Waals surface area contributed by atoms with Crippen LogP contribution < -0.4 is 5.32 Å². The van der Waals surface area contributed by atoms with E-state index in [2.05, 4.69) is 5.32 Å². The fourth-order valence-corrected chi connectivity index (χ4v) is 1.96. The molecule has 0 unspecified atom stereocenters. The standard InChI is InChI=1S/C12H15NO4/c1-12(2)6-17-11(16)13-10(12)8-4-3-7(14)5-9(8)15/h3-5,10,14-15H,6H2,1-2H3,(H,13,16)/t10-/m0/s1. The smallest absolute Gasteiger partial charge is 0.407 e. The molecule has 0 radical (unpaired) electrons. The van der Waals surface area contributed by atoms with Gasteiger partial charge in [0.25, 0.3) is 0 Å². The topological polar surface area (TPSA) is 78.8 Å². The largest absolute Gasteiger partial charge is 0.508 e. The van der Waals surface area contributed by atoms with Gasteiger partial charge in [-0.25, -0.2) is 4.79 Å². The minimum atomic E-state index is -0.498. The Morgan fingerprint density at radius 2 is 2.12 bits per heavy atom. The molecular formula is C12H15NO4. The summed E-state index contributed by atoms with van der Waals surface area (Å²) < 4.78 is 4.93. The van der Waals surface area contributed by atoms with E-state index < -0.39 is 6.09 Å². The summed E-state index contributed by atoms with van der Waals surface area (Å²) in [4.78, 5) is 11.2. The highest BCUT2D eigenvalue weighted by atomic mass is 16.6. The summed E-state index contributed by atoms with van der Waals surface area (Å²) in [5.41, 5.74) is 0.243. The zero-order chi connectivity index (χ0) is 12.6. The maximum atomic E-state index is 11.2. The number of amides is 1. The second-order valence-electron chi connectivity index (χ2n) is 4.89. The molecular weight excluding hydrogens is 222 g/mol. The number of rotatable bonds is 1. The predicted octanol–water partition coefficient (Wildman–Crippen LogP) is 1.90. The molecule has 1 atom stereocenters. The molecule has 1 amide bonds. The first-order valence-electron chi connectivity index (χ1n) is 5.35. The van der Waals surface area contributed by atoms with Crippen LogP contribution >= 0.6 is 0 Å². The van der Waals surface area contributed by atoms with Crippen molar-refractivity contribution < 1.29 is 19.7 Å². The highest BCUT2D eigenvalue weighted by molar-refractivity contribution is 5.69. The monoisotopic (exact) mass is 237 g/mol. The van der Waals surface area contributed by atoms with Gasteiger partial charge in [-0.3, -0.25) is 0 Å². The Hall–Kier alpha value is -1.91. The lowest BCUT2D eigenvalue weighted by Crippen LogP contribution is -2.46. The first kappa shape index (κ1) is 11.6. The van der Waals surface area contributed by atoms with E-state index in [1.54, 1.807) is 6.07 Å². The van der Waals surface area contributed by atoms with E-state index in [1.165, 1.54) is 12.1 Å². The number of benzene rings is 1. The summed E-state index contributed by atoms with van der Waals surface area (Å²) in [7, 11) is 0. The number of hydrogen-bond donors (Lipinski definition) is 3. The van der Waals surface area contributed by atoms with Gasteiger partial charge in [0.05, 0.1) is 6.04 Å². The molecule has 0 aliphatic carbocycles. The quantitative estimate of drug-likeness (QED) is 0.697. The van der Waals surface area contributed by atoms with Gasteiger partial charge in [0.1, 0.15) is 18.1 Å². The highest BCUT2D eigenvalue weighted by Crippen LogP contribution is 2.40. The molecule has 92 valence electrons. The molecule has 1 fully saturated rings. The molecule has 5 nitrogen and oxygen atoms in total. The van der Waals surface area contributed by atoms with Crippen LogP contribution in [0.3, 0.4) is 0 Å². The number of ether oxygens (including phenoxy) is 1. The molecule has 1 aromatic rings. The minimum Gasteiger partial charge on any atom is -0.508 e. The van der Waals surface area contributed by atoms with Gasteiger partial charge in [0.15, 0.2) is 0 Å². The van der Waals surface area contributed by atoms with E-state index in [0.717, 1.165) is 0 Å². The SMILES string of the molecule is CC1(C)COC(=O)N[C@H]1c1ccc(O)cc1O. The van der Waals surface area contributed by atoms with Crippen molar-refractivity contribution in [3.63, 3.8) is 0 Å². The summed E-state index contributed by atoms with van der Waals surface area (Å²) in [6.45, 7) is 4.15. The number of cyclic esters (lactones) is 1. The first-order chi connectivity index (χ1) is 7.90. The Morgan fingerprint density at radius 1 is 1.41 bits per heavy atom. The van der Waals surface area contributed by atoms with Gasteiger partial charge < -0.3 is 20.3 Å². The maximum Gasteiger partial charge on any atom is 0.407 e. The first-order valence-corrected chi connectivity index (χ1v) is 5.35. The number of carbonyl (C=O) groups is 1. The average molecular weight is 237 g/mol. The van der Waals surface area contributed by atoms with E-state index in [0.29, 0.717) is 5.56 Å². The molecule has 0 spiro atoms. The third-order valence-corrected chi connectivity index (χ3v) is 2.94. The van der Waals surface area contributed by atoms with Crippen LogP contribution in [0.5, 0.6) is 11.5 Å². The zero-order valence-electron chi connectivity index (χ0n) is 9.73. The van der Waals surface area contributed by atoms with Crippen LogP contribution in [0.15, 0.2) is 18.2 Å². The Balaban J connectivity index is 2.39. The van der Waals surface area contributed by atoms with Crippen LogP contribution in [0, 0.1) is 5.41 Å². The Kier molecular flexibility index (Phi) is 2.61. The maximum absolute atomic E-state index is 11.2. The number of alkyl carbamates (subject to hydrolysis) is 1. The van der Waals surface area contributed by atoms with Crippen molar-refractivity contribution in [1.29, 1.82) is 0 Å². The lowest BCUT2D eigenvalue weighted by Gasteiger charge is -2.38. The molecule has 1 saturated heterocycles. The van der Waals surface area contributed by atoms with Gasteiger partial charge in [-0.05, 0) is 12.1 Å². The van der Waals surface area contributed by atoms with Crippen molar-refractivity contribution in [2.75, 3.05) is 6.61 Å². The molecule has 2 rings (SSSR count). The van der Waals surface area contributed by atoms with E-state index >= 15 is 0 Å². The highest BCUT2D eigenvalue weighted by Gasteiger charge is 2.39. The van der Waals surface area contributed by atoms with Crippen molar-refractivity contribution >= 4 is 6.09 Å². The molecule has 1 heterocycles. The number of phenols is 2. The molecule has 1 aromatic carbocycles. The zero-order valence-corrected chi connectivity index (χ0v) is 9.73. The van der Waals surface area contributed by atoms with Crippen molar-refractivity contribution in [3.05, 3.63) is 23.8 Å². The van der Waals surface area contributed by atoms with Crippen LogP contribution in [0.1, 0.15) is 25.5 Å². The van der Waals surface area contributed by atoms with Crippen LogP contribution in [0.25, 0.3) is 0 Å². The van der Waals surface area contributed by atoms with Gasteiger partial charge >= 0.3 is 6.09 Å². The van der Waals surface area contributed by atoms with E-state index in [-0.39, 0.29) is 29.6 Å². The summed E-state index contributed by atoms with van der Waals surface area (Å²) in [6, 6.07) is 3.99. The second kappa shape index (κ2) is 3.84. The van der Waals surface area contributed by atoms with Gasteiger partial charge in [-0.1, -0.05) is 13.8 Å². The van der Waals surface area contributed by atoms with Crippen LogP contribution in [-0.2, 0) is 4.74 Å². The summed E-state index contributed by atoms with van der Waals surface area (Å²) >= 11 is 0. The molecule has 0 aromatic heterocycles. The molecule has 1 aliphatic heterocycles. The molecule has 0 saturated carbocycles. The average Bonchev–Trinajstić information content (AvgIpc) is 2.23. The van der Waals surface area contributed by atoms with Crippen LogP contribution in [0.2, 0.25) is 0 Å². The van der Waals surface area contributed by atoms with E-state index in [9.17, 15) is 15.0 Å². The van der Waals surface area contributed by atoms with Gasteiger partial charge in [-0.2, -0.15) is 0 Å². The summed E-state index contributed by atoms with van der Waals surface area (Å²) in [5, 5.41) is 21.7. The third-order valence-electron chi connectivity index (χ3n) is 2.94.